The third-order valence-electron chi connectivity index (χ3n) is 2.30. The van der Waals surface area contributed by atoms with E-state index in [1.54, 1.807) is 20.2 Å². The molecule has 0 fully saturated rings. The van der Waals surface area contributed by atoms with Crippen LogP contribution in [0.1, 0.15) is 4.88 Å². The number of thiophene rings is 1. The Morgan fingerprint density at radius 3 is 2.76 bits per heavy atom. The smallest absolute Gasteiger partial charge is 0.252 e. The number of nitrogens with two attached hydrogens (primary N) is 1. The molecule has 0 radical (unpaired) electrons. The highest BCUT2D eigenvalue weighted by Gasteiger charge is 2.22. The van der Waals surface area contributed by atoms with Gasteiger partial charge in [0.15, 0.2) is 0 Å². The molecule has 5 nitrogen and oxygen atoms in total. The first-order valence-corrected chi connectivity index (χ1v) is 7.52. The Labute approximate surface area is 106 Å². The molecule has 0 saturated carbocycles. The standard InChI is InChI=1S/C10H18N2O3S2/c1-12(7-8-15-2)17(13,14)10-4-3-9(16-10)5-6-11/h3-4H,5-8,11H2,1-2H3. The van der Waals surface area contributed by atoms with Gasteiger partial charge < -0.3 is 10.5 Å². The number of nitrogens with zero attached hydrogens (tertiary/aromatic N) is 1. The minimum Gasteiger partial charge on any atom is -0.383 e. The van der Waals surface area contributed by atoms with Crippen molar-refractivity contribution in [3.8, 4) is 0 Å². The van der Waals surface area contributed by atoms with Gasteiger partial charge in [0, 0.05) is 25.6 Å². The molecule has 0 saturated heterocycles. The fraction of sp³-hybridized carbons (Fsp3) is 0.600. The predicted molar refractivity (Wildman–Crippen MR) is 68.8 cm³/mol. The molecule has 1 heterocycles. The number of ether oxygens (including phenoxy) is 1. The lowest BCUT2D eigenvalue weighted by Crippen LogP contribution is -2.29. The van der Waals surface area contributed by atoms with Gasteiger partial charge in [0.05, 0.1) is 6.61 Å². The van der Waals surface area contributed by atoms with Gasteiger partial charge in [-0.1, -0.05) is 0 Å². The maximum absolute atomic E-state index is 12.1. The van der Waals surface area contributed by atoms with Crippen LogP contribution >= 0.6 is 11.3 Å². The van der Waals surface area contributed by atoms with E-state index in [0.717, 1.165) is 4.88 Å². The van der Waals surface area contributed by atoms with Crippen molar-refractivity contribution < 1.29 is 13.2 Å². The molecule has 7 heteroatoms. The van der Waals surface area contributed by atoms with E-state index in [0.29, 0.717) is 30.3 Å². The lowest BCUT2D eigenvalue weighted by Gasteiger charge is -2.15. The zero-order valence-electron chi connectivity index (χ0n) is 10.0. The Morgan fingerprint density at radius 2 is 2.18 bits per heavy atom. The van der Waals surface area contributed by atoms with Crippen molar-refractivity contribution in [2.24, 2.45) is 5.73 Å². The third-order valence-corrected chi connectivity index (χ3v) is 5.77. The van der Waals surface area contributed by atoms with Crippen LogP contribution in [0, 0.1) is 0 Å². The highest BCUT2D eigenvalue weighted by atomic mass is 32.2. The Morgan fingerprint density at radius 1 is 1.47 bits per heavy atom. The van der Waals surface area contributed by atoms with Crippen LogP contribution < -0.4 is 5.73 Å². The van der Waals surface area contributed by atoms with Crippen LogP contribution in [-0.4, -0.2) is 46.6 Å². The van der Waals surface area contributed by atoms with Gasteiger partial charge in [-0.2, -0.15) is 4.31 Å². The van der Waals surface area contributed by atoms with Crippen molar-refractivity contribution in [2.75, 3.05) is 33.9 Å². The quantitative estimate of drug-likeness (QED) is 0.789. The van der Waals surface area contributed by atoms with Crippen LogP contribution in [0.5, 0.6) is 0 Å². The Kier molecular flexibility index (Phi) is 5.54. The summed E-state index contributed by atoms with van der Waals surface area (Å²) in [5, 5.41) is 0. The molecule has 17 heavy (non-hydrogen) atoms. The van der Waals surface area contributed by atoms with Crippen LogP contribution in [0.25, 0.3) is 0 Å². The summed E-state index contributed by atoms with van der Waals surface area (Å²) in [7, 11) is -0.279. The van der Waals surface area contributed by atoms with Gasteiger partial charge >= 0.3 is 0 Å². The van der Waals surface area contributed by atoms with Crippen molar-refractivity contribution in [2.45, 2.75) is 10.6 Å². The Hall–Kier alpha value is -0.470. The molecule has 98 valence electrons. The van der Waals surface area contributed by atoms with Crippen molar-refractivity contribution in [3.05, 3.63) is 17.0 Å². The summed E-state index contributed by atoms with van der Waals surface area (Å²) in [6.07, 6.45) is 0.710. The van der Waals surface area contributed by atoms with E-state index in [2.05, 4.69) is 0 Å². The van der Waals surface area contributed by atoms with Crippen molar-refractivity contribution in [1.29, 1.82) is 0 Å². The molecule has 1 aromatic rings. The van der Waals surface area contributed by atoms with E-state index in [1.165, 1.54) is 15.6 Å². The second kappa shape index (κ2) is 6.46. The van der Waals surface area contributed by atoms with Gasteiger partial charge in [-0.15, -0.1) is 11.3 Å². The minimum atomic E-state index is -3.38. The largest absolute Gasteiger partial charge is 0.383 e. The second-order valence-electron chi connectivity index (χ2n) is 3.58. The fourth-order valence-corrected chi connectivity index (χ4v) is 4.00. The van der Waals surface area contributed by atoms with Crippen molar-refractivity contribution >= 4 is 21.4 Å². The first-order valence-electron chi connectivity index (χ1n) is 5.26. The number of methoxy groups -OCH3 is 1. The number of rotatable bonds is 7. The van der Waals surface area contributed by atoms with Crippen molar-refractivity contribution in [3.63, 3.8) is 0 Å². The Bertz CT molecular complexity index is 442. The second-order valence-corrected chi connectivity index (χ2v) is 7.02. The highest BCUT2D eigenvalue weighted by molar-refractivity contribution is 7.91. The normalized spacial score (nSPS) is 12.2. The topological polar surface area (TPSA) is 72.6 Å². The molecule has 0 aliphatic carbocycles. The summed E-state index contributed by atoms with van der Waals surface area (Å²) >= 11 is 1.28. The number of hydrogen-bond donors (Lipinski definition) is 1. The molecule has 2 N–H and O–H groups in total. The fourth-order valence-electron chi connectivity index (χ4n) is 1.27. The number of likely N-dealkylation sites (N-methyl/N-ethyl adjacent to an activating group) is 1. The van der Waals surface area contributed by atoms with E-state index in [4.69, 9.17) is 10.5 Å². The molecular formula is C10H18N2O3S2. The zero-order valence-corrected chi connectivity index (χ0v) is 11.7. The average Bonchev–Trinajstić information content (AvgIpc) is 2.75. The number of sulfonamides is 1. The van der Waals surface area contributed by atoms with Gasteiger partial charge in [0.25, 0.3) is 10.0 Å². The summed E-state index contributed by atoms with van der Waals surface area (Å²) in [5.74, 6) is 0. The monoisotopic (exact) mass is 278 g/mol. The van der Waals surface area contributed by atoms with Gasteiger partial charge in [0.2, 0.25) is 0 Å². The van der Waals surface area contributed by atoms with Crippen molar-refractivity contribution in [1.82, 2.24) is 4.31 Å². The molecule has 0 atom stereocenters. The summed E-state index contributed by atoms with van der Waals surface area (Å²) in [6, 6.07) is 3.45. The summed E-state index contributed by atoms with van der Waals surface area (Å²) in [4.78, 5) is 0.992. The predicted octanol–water partition coefficient (Wildman–Crippen LogP) is 0.516. The lowest BCUT2D eigenvalue weighted by molar-refractivity contribution is 0.185. The molecule has 0 spiro atoms. The van der Waals surface area contributed by atoms with E-state index in [9.17, 15) is 8.42 Å². The van der Waals surface area contributed by atoms with Gasteiger partial charge in [0.1, 0.15) is 4.21 Å². The molecule has 1 aromatic heterocycles. The molecular weight excluding hydrogens is 260 g/mol. The summed E-state index contributed by atoms with van der Waals surface area (Å²) in [5.41, 5.74) is 5.43. The molecule has 0 bridgehead atoms. The van der Waals surface area contributed by atoms with Gasteiger partial charge in [-0.05, 0) is 25.1 Å². The van der Waals surface area contributed by atoms with Crippen LogP contribution in [0.2, 0.25) is 0 Å². The average molecular weight is 278 g/mol. The SMILES string of the molecule is COCCN(C)S(=O)(=O)c1ccc(CCN)s1. The van der Waals surface area contributed by atoms with Crippen LogP contribution in [0.3, 0.4) is 0 Å². The molecule has 1 rings (SSSR count). The van der Waals surface area contributed by atoms with Gasteiger partial charge in [-0.25, -0.2) is 8.42 Å². The first-order chi connectivity index (χ1) is 8.02. The first kappa shape index (κ1) is 14.6. The lowest BCUT2D eigenvalue weighted by atomic mass is 10.3. The third kappa shape index (κ3) is 3.75. The number of hydrogen-bond acceptors (Lipinski definition) is 5. The Balaban J connectivity index is 2.81. The maximum Gasteiger partial charge on any atom is 0.252 e. The van der Waals surface area contributed by atoms with E-state index < -0.39 is 10.0 Å². The molecule has 0 amide bonds. The van der Waals surface area contributed by atoms with Crippen LogP contribution in [0.15, 0.2) is 16.3 Å². The molecule has 0 aliphatic heterocycles. The molecule has 0 unspecified atom stereocenters. The minimum absolute atomic E-state index is 0.350. The van der Waals surface area contributed by atoms with E-state index >= 15 is 0 Å². The van der Waals surface area contributed by atoms with Crippen LogP contribution in [0.4, 0.5) is 0 Å². The molecule has 0 aliphatic rings. The highest BCUT2D eigenvalue weighted by Crippen LogP contribution is 2.24. The molecule has 0 aromatic carbocycles. The summed E-state index contributed by atoms with van der Waals surface area (Å²) < 4.78 is 30.7. The zero-order chi connectivity index (χ0) is 12.9. The van der Waals surface area contributed by atoms with Crippen LogP contribution in [-0.2, 0) is 21.2 Å². The van der Waals surface area contributed by atoms with Gasteiger partial charge in [-0.3, -0.25) is 0 Å². The van der Waals surface area contributed by atoms with E-state index in [1.807, 2.05) is 6.07 Å². The van der Waals surface area contributed by atoms with E-state index in [-0.39, 0.29) is 0 Å². The summed E-state index contributed by atoms with van der Waals surface area (Å²) in [6.45, 7) is 1.26. The maximum atomic E-state index is 12.1.